The number of hydrogen-bond donors (Lipinski definition) is 2. The maximum Gasteiger partial charge on any atom is 0.337 e. The Morgan fingerprint density at radius 3 is 2.45 bits per heavy atom. The average molecular weight is 291 g/mol. The van der Waals surface area contributed by atoms with Crippen molar-refractivity contribution in [2.75, 3.05) is 5.32 Å². The molecule has 0 fully saturated rings. The zero-order chi connectivity index (χ0) is 14.7. The molecule has 0 aliphatic rings. The highest BCUT2D eigenvalue weighted by Gasteiger charge is 2.09. The zero-order valence-corrected chi connectivity index (χ0v) is 11.3. The van der Waals surface area contributed by atoms with Crippen molar-refractivity contribution in [3.63, 3.8) is 0 Å². The SMILES string of the molecule is Cc1ccc(C(=O)Nc2ccc(C(=O)O)cn2)cc1Cl. The second-order valence-electron chi connectivity index (χ2n) is 4.16. The van der Waals surface area contributed by atoms with E-state index in [-0.39, 0.29) is 17.3 Å². The first-order chi connectivity index (χ1) is 9.47. The lowest BCUT2D eigenvalue weighted by atomic mass is 10.1. The molecular formula is C14H11ClN2O3. The number of carboxylic acid groups (broad SMARTS) is 1. The van der Waals surface area contributed by atoms with Crippen LogP contribution in [0.15, 0.2) is 36.5 Å². The lowest BCUT2D eigenvalue weighted by molar-refractivity contribution is 0.0696. The highest BCUT2D eigenvalue weighted by molar-refractivity contribution is 6.31. The molecule has 2 rings (SSSR count). The summed E-state index contributed by atoms with van der Waals surface area (Å²) in [6, 6.07) is 7.77. The quantitative estimate of drug-likeness (QED) is 0.911. The summed E-state index contributed by atoms with van der Waals surface area (Å²) in [5.41, 5.74) is 1.35. The summed E-state index contributed by atoms with van der Waals surface area (Å²) in [5.74, 6) is -1.15. The summed E-state index contributed by atoms with van der Waals surface area (Å²) < 4.78 is 0. The van der Waals surface area contributed by atoms with Crippen LogP contribution >= 0.6 is 11.6 Å². The Labute approximate surface area is 120 Å². The lowest BCUT2D eigenvalue weighted by Gasteiger charge is -2.06. The first kappa shape index (κ1) is 14.0. The topological polar surface area (TPSA) is 79.3 Å². The number of halogens is 1. The predicted octanol–water partition coefficient (Wildman–Crippen LogP) is 2.99. The molecule has 1 aromatic heterocycles. The van der Waals surface area contributed by atoms with Gasteiger partial charge in [-0.3, -0.25) is 4.79 Å². The molecule has 0 unspecified atom stereocenters. The summed E-state index contributed by atoms with van der Waals surface area (Å²) in [5, 5.41) is 11.8. The molecule has 0 saturated carbocycles. The van der Waals surface area contributed by atoms with Gasteiger partial charge in [-0.1, -0.05) is 17.7 Å². The van der Waals surface area contributed by atoms with E-state index >= 15 is 0 Å². The van der Waals surface area contributed by atoms with E-state index in [0.29, 0.717) is 10.6 Å². The number of hydrogen-bond acceptors (Lipinski definition) is 3. The molecule has 0 aliphatic carbocycles. The Morgan fingerprint density at radius 1 is 1.20 bits per heavy atom. The van der Waals surface area contributed by atoms with Crippen LogP contribution in [0, 0.1) is 6.92 Å². The Bertz CT molecular complexity index is 669. The van der Waals surface area contributed by atoms with Gasteiger partial charge in [0.05, 0.1) is 5.56 Å². The fraction of sp³-hybridized carbons (Fsp3) is 0.0714. The highest BCUT2D eigenvalue weighted by Crippen LogP contribution is 2.17. The molecule has 0 aliphatic heterocycles. The fourth-order valence-electron chi connectivity index (χ4n) is 1.52. The van der Waals surface area contributed by atoms with E-state index in [4.69, 9.17) is 16.7 Å². The molecule has 0 saturated heterocycles. The van der Waals surface area contributed by atoms with Crippen LogP contribution in [0.4, 0.5) is 5.82 Å². The fourth-order valence-corrected chi connectivity index (χ4v) is 1.70. The molecule has 0 atom stereocenters. The lowest BCUT2D eigenvalue weighted by Crippen LogP contribution is -2.13. The number of carboxylic acids is 1. The summed E-state index contributed by atoms with van der Waals surface area (Å²) in [6.07, 6.45) is 1.18. The van der Waals surface area contributed by atoms with Crippen molar-refractivity contribution in [3.8, 4) is 0 Å². The number of rotatable bonds is 3. The third-order valence-electron chi connectivity index (χ3n) is 2.69. The third kappa shape index (κ3) is 3.13. The molecule has 102 valence electrons. The minimum atomic E-state index is -1.07. The van der Waals surface area contributed by atoms with Gasteiger partial charge >= 0.3 is 5.97 Å². The molecule has 2 N–H and O–H groups in total. The standard InChI is InChI=1S/C14H11ClN2O3/c1-8-2-3-9(6-11(8)15)13(18)17-12-5-4-10(7-16-12)14(19)20/h2-7H,1H3,(H,19,20)(H,16,17,18). The predicted molar refractivity (Wildman–Crippen MR) is 75.3 cm³/mol. The van der Waals surface area contributed by atoms with Crippen molar-refractivity contribution >= 4 is 29.3 Å². The van der Waals surface area contributed by atoms with Crippen LogP contribution < -0.4 is 5.32 Å². The Morgan fingerprint density at radius 2 is 1.90 bits per heavy atom. The van der Waals surface area contributed by atoms with Crippen LogP contribution in [0.3, 0.4) is 0 Å². The molecule has 5 nitrogen and oxygen atoms in total. The molecule has 2 aromatic rings. The van der Waals surface area contributed by atoms with Crippen LogP contribution in [0.1, 0.15) is 26.3 Å². The molecule has 0 spiro atoms. The van der Waals surface area contributed by atoms with E-state index in [1.165, 1.54) is 18.3 Å². The van der Waals surface area contributed by atoms with Gasteiger partial charge in [-0.15, -0.1) is 0 Å². The van der Waals surface area contributed by atoms with Gasteiger partial charge in [0.2, 0.25) is 0 Å². The maximum absolute atomic E-state index is 12.0. The van der Waals surface area contributed by atoms with Gasteiger partial charge in [-0.05, 0) is 36.8 Å². The van der Waals surface area contributed by atoms with Crippen molar-refractivity contribution < 1.29 is 14.7 Å². The van der Waals surface area contributed by atoms with E-state index in [1.807, 2.05) is 6.92 Å². The van der Waals surface area contributed by atoms with Crippen LogP contribution in [0.25, 0.3) is 0 Å². The Kier molecular flexibility index (Phi) is 4.00. The zero-order valence-electron chi connectivity index (χ0n) is 10.6. The number of aryl methyl sites for hydroxylation is 1. The molecule has 1 heterocycles. The van der Waals surface area contributed by atoms with E-state index < -0.39 is 5.97 Å². The molecule has 6 heteroatoms. The smallest absolute Gasteiger partial charge is 0.337 e. The Hall–Kier alpha value is -2.40. The summed E-state index contributed by atoms with van der Waals surface area (Å²) >= 11 is 5.96. The van der Waals surface area contributed by atoms with Crippen molar-refractivity contribution in [1.29, 1.82) is 0 Å². The summed E-state index contributed by atoms with van der Waals surface area (Å²) in [6.45, 7) is 1.84. The largest absolute Gasteiger partial charge is 0.478 e. The first-order valence-electron chi connectivity index (χ1n) is 5.74. The van der Waals surface area contributed by atoms with Crippen LogP contribution in [-0.4, -0.2) is 22.0 Å². The number of nitrogens with one attached hydrogen (secondary N) is 1. The van der Waals surface area contributed by atoms with Crippen molar-refractivity contribution in [3.05, 3.63) is 58.2 Å². The van der Waals surface area contributed by atoms with Gasteiger partial charge in [0, 0.05) is 16.8 Å². The van der Waals surface area contributed by atoms with Gasteiger partial charge in [-0.2, -0.15) is 0 Å². The normalized spacial score (nSPS) is 10.1. The van der Waals surface area contributed by atoms with Crippen molar-refractivity contribution in [2.24, 2.45) is 0 Å². The number of benzene rings is 1. The van der Waals surface area contributed by atoms with Crippen LogP contribution in [-0.2, 0) is 0 Å². The van der Waals surface area contributed by atoms with Gasteiger partial charge < -0.3 is 10.4 Å². The number of amides is 1. The van der Waals surface area contributed by atoms with Gasteiger partial charge in [0.1, 0.15) is 5.82 Å². The van der Waals surface area contributed by atoms with Crippen LogP contribution in [0.2, 0.25) is 5.02 Å². The van der Waals surface area contributed by atoms with Crippen molar-refractivity contribution in [1.82, 2.24) is 4.98 Å². The number of nitrogens with zero attached hydrogens (tertiary/aromatic N) is 1. The van der Waals surface area contributed by atoms with E-state index in [2.05, 4.69) is 10.3 Å². The number of aromatic nitrogens is 1. The van der Waals surface area contributed by atoms with Crippen molar-refractivity contribution in [2.45, 2.75) is 6.92 Å². The molecular weight excluding hydrogens is 280 g/mol. The third-order valence-corrected chi connectivity index (χ3v) is 3.09. The minimum Gasteiger partial charge on any atom is -0.478 e. The maximum atomic E-state index is 12.0. The molecule has 1 amide bonds. The summed E-state index contributed by atoms with van der Waals surface area (Å²) in [7, 11) is 0. The van der Waals surface area contributed by atoms with Gasteiger partial charge in [0.25, 0.3) is 5.91 Å². The van der Waals surface area contributed by atoms with Crippen LogP contribution in [0.5, 0.6) is 0 Å². The first-order valence-corrected chi connectivity index (χ1v) is 6.12. The van der Waals surface area contributed by atoms with E-state index in [9.17, 15) is 9.59 Å². The molecule has 20 heavy (non-hydrogen) atoms. The summed E-state index contributed by atoms with van der Waals surface area (Å²) in [4.78, 5) is 26.5. The minimum absolute atomic E-state index is 0.0568. The van der Waals surface area contributed by atoms with E-state index in [0.717, 1.165) is 5.56 Å². The Balaban J connectivity index is 2.14. The van der Waals surface area contributed by atoms with Gasteiger partial charge in [-0.25, -0.2) is 9.78 Å². The number of carbonyl (C=O) groups excluding carboxylic acids is 1. The number of aromatic carboxylic acids is 1. The molecule has 1 aromatic carbocycles. The number of pyridine rings is 1. The van der Waals surface area contributed by atoms with E-state index in [1.54, 1.807) is 18.2 Å². The average Bonchev–Trinajstić information content (AvgIpc) is 2.42. The monoisotopic (exact) mass is 290 g/mol. The van der Waals surface area contributed by atoms with Gasteiger partial charge in [0.15, 0.2) is 0 Å². The molecule has 0 bridgehead atoms. The molecule has 0 radical (unpaired) electrons. The second kappa shape index (κ2) is 5.71. The second-order valence-corrected chi connectivity index (χ2v) is 4.56. The highest BCUT2D eigenvalue weighted by atomic mass is 35.5. The number of anilines is 1. The number of carbonyl (C=O) groups is 2.